The highest BCUT2D eigenvalue weighted by atomic mass is 35.5. The van der Waals surface area contributed by atoms with Gasteiger partial charge in [-0.2, -0.15) is 5.10 Å². The maximum absolute atomic E-state index is 13.0. The van der Waals surface area contributed by atoms with Gasteiger partial charge in [0, 0.05) is 6.04 Å². The van der Waals surface area contributed by atoms with Crippen LogP contribution in [0.1, 0.15) is 30.0 Å². The number of carbonyl (C=O) groups excluding carboxylic acids is 2. The molecule has 0 atom stereocenters. The van der Waals surface area contributed by atoms with Gasteiger partial charge >= 0.3 is 0 Å². The number of aromatic nitrogens is 2. The first-order valence-electron chi connectivity index (χ1n) is 7.33. The molecular weight excluding hydrogens is 316 g/mol. The van der Waals surface area contributed by atoms with Gasteiger partial charge in [0.1, 0.15) is 17.3 Å². The van der Waals surface area contributed by atoms with Crippen LogP contribution in [0.2, 0.25) is 0 Å². The number of aryl methyl sites for hydroxylation is 1. The third-order valence-electron chi connectivity index (χ3n) is 3.83. The predicted molar refractivity (Wildman–Crippen MR) is 89.6 cm³/mol. The molecule has 7 heteroatoms. The first kappa shape index (κ1) is 15.6. The second-order valence-electron chi connectivity index (χ2n) is 5.65. The second kappa shape index (κ2) is 5.70. The van der Waals surface area contributed by atoms with Gasteiger partial charge in [-0.05, 0) is 32.9 Å². The summed E-state index contributed by atoms with van der Waals surface area (Å²) in [6, 6.07) is 7.23. The number of para-hydroxylation sites is 2. The summed E-state index contributed by atoms with van der Waals surface area (Å²) in [6.07, 6.45) is 0. The van der Waals surface area contributed by atoms with Gasteiger partial charge in [0.2, 0.25) is 5.91 Å². The third kappa shape index (κ3) is 2.30. The monoisotopic (exact) mass is 332 g/mol. The minimum atomic E-state index is -0.303. The number of nitrogens with zero attached hydrogens (tertiary/aromatic N) is 3. The van der Waals surface area contributed by atoms with Gasteiger partial charge < -0.3 is 4.90 Å². The summed E-state index contributed by atoms with van der Waals surface area (Å²) in [5, 5.41) is 6.88. The molecule has 6 nitrogen and oxygen atoms in total. The Kier molecular flexibility index (Phi) is 3.85. The van der Waals surface area contributed by atoms with E-state index in [4.69, 9.17) is 11.6 Å². The fraction of sp³-hybridized carbons (Fsp3) is 0.312. The topological polar surface area (TPSA) is 69.3 Å². The van der Waals surface area contributed by atoms with Crippen LogP contribution < -0.4 is 9.80 Å². The van der Waals surface area contributed by atoms with E-state index >= 15 is 0 Å². The van der Waals surface area contributed by atoms with E-state index in [2.05, 4.69) is 10.2 Å². The zero-order valence-electron chi connectivity index (χ0n) is 13.1. The van der Waals surface area contributed by atoms with E-state index in [1.54, 1.807) is 11.8 Å². The quantitative estimate of drug-likeness (QED) is 0.859. The molecular formula is C16H17ClN4O2. The Balaban J connectivity index is 2.37. The number of H-pyrrole nitrogens is 1. The second-order valence-corrected chi connectivity index (χ2v) is 5.92. The first-order chi connectivity index (χ1) is 11.0. The number of benzene rings is 1. The largest absolute Gasteiger partial charge is 0.302 e. The molecule has 120 valence electrons. The van der Waals surface area contributed by atoms with Crippen LogP contribution in [0.5, 0.6) is 0 Å². The lowest BCUT2D eigenvalue weighted by Gasteiger charge is -2.28. The fourth-order valence-corrected chi connectivity index (χ4v) is 3.01. The lowest BCUT2D eigenvalue weighted by Crippen LogP contribution is -2.36. The summed E-state index contributed by atoms with van der Waals surface area (Å²) in [5.74, 6) is -0.704. The molecule has 0 unspecified atom stereocenters. The van der Waals surface area contributed by atoms with Gasteiger partial charge in [0.05, 0.1) is 17.1 Å². The van der Waals surface area contributed by atoms with E-state index in [0.29, 0.717) is 28.5 Å². The number of amides is 2. The number of carbonyl (C=O) groups is 2. The number of hydrogen-bond acceptors (Lipinski definition) is 3. The molecule has 0 radical (unpaired) electrons. The zero-order valence-corrected chi connectivity index (χ0v) is 13.9. The van der Waals surface area contributed by atoms with Crippen molar-refractivity contribution in [3.63, 3.8) is 0 Å². The molecule has 23 heavy (non-hydrogen) atoms. The van der Waals surface area contributed by atoms with Crippen molar-refractivity contribution in [2.45, 2.75) is 26.8 Å². The normalized spacial score (nSPS) is 13.9. The molecule has 2 heterocycles. The van der Waals surface area contributed by atoms with E-state index in [9.17, 15) is 9.59 Å². The molecule has 0 bridgehead atoms. The van der Waals surface area contributed by atoms with E-state index < -0.39 is 0 Å². The lowest BCUT2D eigenvalue weighted by atomic mass is 10.2. The molecule has 3 rings (SSSR count). The SMILES string of the molecule is Cc1n[nH]c2c1N(C(=O)CCl)c1ccccc1N(C(C)C)C2=O. The van der Waals surface area contributed by atoms with Crippen molar-refractivity contribution in [3.05, 3.63) is 35.7 Å². The van der Waals surface area contributed by atoms with E-state index in [0.717, 1.165) is 0 Å². The first-order valence-corrected chi connectivity index (χ1v) is 7.87. The van der Waals surface area contributed by atoms with E-state index in [1.165, 1.54) is 4.90 Å². The number of nitrogens with one attached hydrogen (secondary N) is 1. The molecule has 2 aromatic rings. The molecule has 2 amide bonds. The Morgan fingerprint density at radius 3 is 2.57 bits per heavy atom. The smallest absolute Gasteiger partial charge is 0.278 e. The van der Waals surface area contributed by atoms with Crippen molar-refractivity contribution in [2.24, 2.45) is 0 Å². The minimum absolute atomic E-state index is 0.0776. The summed E-state index contributed by atoms with van der Waals surface area (Å²) >= 11 is 5.81. The minimum Gasteiger partial charge on any atom is -0.302 e. The van der Waals surface area contributed by atoms with Crippen LogP contribution >= 0.6 is 11.6 Å². The zero-order chi connectivity index (χ0) is 16.7. The molecule has 1 aromatic carbocycles. The molecule has 0 saturated carbocycles. The standard InChI is InChI=1S/C16H17ClN4O2/c1-9(2)20-11-6-4-5-7-12(11)21(13(22)8-17)15-10(3)18-19-14(15)16(20)23/h4-7,9H,8H2,1-3H3,(H,18,19). The summed E-state index contributed by atoms with van der Waals surface area (Å²) in [7, 11) is 0. The van der Waals surface area contributed by atoms with Crippen molar-refractivity contribution < 1.29 is 9.59 Å². The molecule has 1 N–H and O–H groups in total. The van der Waals surface area contributed by atoms with E-state index in [-0.39, 0.29) is 23.7 Å². The Morgan fingerprint density at radius 1 is 1.30 bits per heavy atom. The predicted octanol–water partition coefficient (Wildman–Crippen LogP) is 2.99. The van der Waals surface area contributed by atoms with Crippen molar-refractivity contribution >= 4 is 40.5 Å². The van der Waals surface area contributed by atoms with Crippen molar-refractivity contribution in [3.8, 4) is 0 Å². The van der Waals surface area contributed by atoms with Crippen LogP contribution in [-0.2, 0) is 4.79 Å². The maximum Gasteiger partial charge on any atom is 0.278 e. The number of aromatic amines is 1. The van der Waals surface area contributed by atoms with Gasteiger partial charge in [-0.25, -0.2) is 0 Å². The van der Waals surface area contributed by atoms with Gasteiger partial charge in [-0.15, -0.1) is 11.6 Å². The van der Waals surface area contributed by atoms with E-state index in [1.807, 2.05) is 38.1 Å². The number of fused-ring (bicyclic) bond motifs is 2. The number of alkyl halides is 1. The average Bonchev–Trinajstić information content (AvgIpc) is 2.85. The van der Waals surface area contributed by atoms with Crippen molar-refractivity contribution in [1.82, 2.24) is 10.2 Å². The van der Waals surface area contributed by atoms with Crippen LogP contribution in [0.4, 0.5) is 17.1 Å². The molecule has 1 aromatic heterocycles. The Bertz CT molecular complexity index is 784. The summed E-state index contributed by atoms with van der Waals surface area (Å²) < 4.78 is 0. The average molecular weight is 333 g/mol. The molecule has 0 fully saturated rings. The third-order valence-corrected chi connectivity index (χ3v) is 4.06. The molecule has 0 aliphatic carbocycles. The van der Waals surface area contributed by atoms with Gasteiger partial charge in [0.25, 0.3) is 5.91 Å². The molecule has 1 aliphatic heterocycles. The number of hydrogen-bond donors (Lipinski definition) is 1. The summed E-state index contributed by atoms with van der Waals surface area (Å²) in [5.41, 5.74) is 2.65. The Labute approximate surface area is 139 Å². The number of rotatable bonds is 2. The van der Waals surface area contributed by atoms with Crippen LogP contribution in [0, 0.1) is 6.92 Å². The van der Waals surface area contributed by atoms with Crippen LogP contribution in [0.3, 0.4) is 0 Å². The fourth-order valence-electron chi connectivity index (χ4n) is 2.89. The van der Waals surface area contributed by atoms with Gasteiger partial charge in [-0.1, -0.05) is 12.1 Å². The van der Waals surface area contributed by atoms with Gasteiger partial charge in [-0.3, -0.25) is 19.6 Å². The Hall–Kier alpha value is -2.34. The Morgan fingerprint density at radius 2 is 1.96 bits per heavy atom. The molecule has 0 saturated heterocycles. The maximum atomic E-state index is 13.0. The lowest BCUT2D eigenvalue weighted by molar-refractivity contribution is -0.115. The van der Waals surface area contributed by atoms with Crippen LogP contribution in [-0.4, -0.2) is 33.9 Å². The number of anilines is 3. The highest BCUT2D eigenvalue weighted by Crippen LogP contribution is 2.42. The molecule has 1 aliphatic rings. The van der Waals surface area contributed by atoms with Crippen LogP contribution in [0.15, 0.2) is 24.3 Å². The number of halogens is 1. The van der Waals surface area contributed by atoms with Crippen LogP contribution in [0.25, 0.3) is 0 Å². The summed E-state index contributed by atoms with van der Waals surface area (Å²) in [6.45, 7) is 5.61. The van der Waals surface area contributed by atoms with Crippen molar-refractivity contribution in [1.29, 1.82) is 0 Å². The highest BCUT2D eigenvalue weighted by Gasteiger charge is 2.37. The highest BCUT2D eigenvalue weighted by molar-refractivity contribution is 6.31. The van der Waals surface area contributed by atoms with Crippen molar-refractivity contribution in [2.75, 3.05) is 15.7 Å². The van der Waals surface area contributed by atoms with Gasteiger partial charge in [0.15, 0.2) is 0 Å². The summed E-state index contributed by atoms with van der Waals surface area (Å²) in [4.78, 5) is 28.6. The molecule has 0 spiro atoms.